The van der Waals surface area contributed by atoms with Crippen LogP contribution >= 0.6 is 0 Å². The van der Waals surface area contributed by atoms with Gasteiger partial charge in [0.1, 0.15) is 11.6 Å². The number of nitrogens with one attached hydrogen (secondary N) is 1. The Hall–Kier alpha value is -2.82. The van der Waals surface area contributed by atoms with Gasteiger partial charge in [-0.15, -0.1) is 0 Å². The van der Waals surface area contributed by atoms with Crippen molar-refractivity contribution in [3.05, 3.63) is 59.4 Å². The first-order valence-electron chi connectivity index (χ1n) is 8.50. The number of ether oxygens (including phenoxy) is 1. The van der Waals surface area contributed by atoms with Crippen LogP contribution in [0.1, 0.15) is 23.4 Å². The number of nitrogens with zero attached hydrogens (tertiary/aromatic N) is 2. The van der Waals surface area contributed by atoms with Gasteiger partial charge in [0, 0.05) is 6.54 Å². The Morgan fingerprint density at radius 2 is 2.00 bits per heavy atom. The summed E-state index contributed by atoms with van der Waals surface area (Å²) in [5, 5.41) is 2.70. The van der Waals surface area contributed by atoms with Crippen LogP contribution < -0.4 is 10.1 Å². The van der Waals surface area contributed by atoms with E-state index in [4.69, 9.17) is 4.74 Å². The monoisotopic (exact) mass is 337 g/mol. The predicted octanol–water partition coefficient (Wildman–Crippen LogP) is 3.37. The summed E-state index contributed by atoms with van der Waals surface area (Å²) in [6, 6.07) is 14.2. The average molecular weight is 337 g/mol. The summed E-state index contributed by atoms with van der Waals surface area (Å²) < 4.78 is 8.02. The number of benzene rings is 2. The van der Waals surface area contributed by atoms with E-state index in [1.54, 1.807) is 0 Å². The highest BCUT2D eigenvalue weighted by atomic mass is 16.5. The molecule has 0 fully saturated rings. The van der Waals surface area contributed by atoms with E-state index in [1.807, 2.05) is 24.3 Å². The Morgan fingerprint density at radius 1 is 1.16 bits per heavy atom. The second-order valence-electron chi connectivity index (χ2n) is 6.12. The minimum Gasteiger partial charge on any atom is -0.494 e. The Balaban J connectivity index is 1.65. The normalized spacial score (nSPS) is 10.8. The standard InChI is InChI=1S/C20H23N3O2/c1-15-8-9-17(12-16(15)2)25-11-5-10-23-19-7-4-3-6-18(19)22-20(23)13-21-14-24/h3-4,6-9,12,14H,5,10-11,13H2,1-2H3,(H,21,24). The van der Waals surface area contributed by atoms with Gasteiger partial charge in [0.2, 0.25) is 6.41 Å². The molecule has 3 aromatic rings. The summed E-state index contributed by atoms with van der Waals surface area (Å²) in [6.07, 6.45) is 1.56. The van der Waals surface area contributed by atoms with Gasteiger partial charge in [-0.1, -0.05) is 18.2 Å². The molecule has 1 N–H and O–H groups in total. The summed E-state index contributed by atoms with van der Waals surface area (Å²) in [6.45, 7) is 6.04. The van der Waals surface area contributed by atoms with E-state index in [-0.39, 0.29) is 0 Å². The number of aryl methyl sites for hydroxylation is 3. The molecule has 1 aromatic heterocycles. The lowest BCUT2D eigenvalue weighted by molar-refractivity contribution is -0.109. The van der Waals surface area contributed by atoms with Crippen molar-refractivity contribution < 1.29 is 9.53 Å². The van der Waals surface area contributed by atoms with Crippen LogP contribution in [-0.4, -0.2) is 22.6 Å². The van der Waals surface area contributed by atoms with Crippen molar-refractivity contribution in [2.45, 2.75) is 33.4 Å². The number of carbonyl (C=O) groups excluding carboxylic acids is 1. The van der Waals surface area contributed by atoms with E-state index < -0.39 is 0 Å². The fourth-order valence-electron chi connectivity index (χ4n) is 2.86. The highest BCUT2D eigenvalue weighted by Crippen LogP contribution is 2.18. The summed E-state index contributed by atoms with van der Waals surface area (Å²) in [5.41, 5.74) is 4.53. The highest BCUT2D eigenvalue weighted by molar-refractivity contribution is 5.75. The van der Waals surface area contributed by atoms with Crippen molar-refractivity contribution in [2.24, 2.45) is 0 Å². The molecule has 0 spiro atoms. The Labute approximate surface area is 147 Å². The van der Waals surface area contributed by atoms with Gasteiger partial charge in [0.05, 0.1) is 24.2 Å². The maximum Gasteiger partial charge on any atom is 0.207 e. The lowest BCUT2D eigenvalue weighted by atomic mass is 10.1. The van der Waals surface area contributed by atoms with Gasteiger partial charge in [0.25, 0.3) is 0 Å². The third-order valence-corrected chi connectivity index (χ3v) is 4.35. The zero-order valence-corrected chi connectivity index (χ0v) is 14.7. The average Bonchev–Trinajstić information content (AvgIpc) is 2.97. The van der Waals surface area contributed by atoms with Gasteiger partial charge in [-0.3, -0.25) is 4.79 Å². The second kappa shape index (κ2) is 7.83. The summed E-state index contributed by atoms with van der Waals surface area (Å²) in [4.78, 5) is 15.2. The molecule has 130 valence electrons. The van der Waals surface area contributed by atoms with Gasteiger partial charge in [-0.05, 0) is 55.7 Å². The van der Waals surface area contributed by atoms with Crippen LogP contribution in [0.15, 0.2) is 42.5 Å². The third-order valence-electron chi connectivity index (χ3n) is 4.35. The number of hydrogen-bond donors (Lipinski definition) is 1. The quantitative estimate of drug-likeness (QED) is 0.506. The van der Waals surface area contributed by atoms with Crippen LogP contribution in [0, 0.1) is 13.8 Å². The molecule has 5 nitrogen and oxygen atoms in total. The first kappa shape index (κ1) is 17.0. The molecule has 0 saturated heterocycles. The van der Waals surface area contributed by atoms with Crippen LogP contribution in [0.5, 0.6) is 5.75 Å². The van der Waals surface area contributed by atoms with Crippen LogP contribution in [0.25, 0.3) is 11.0 Å². The van der Waals surface area contributed by atoms with E-state index in [1.165, 1.54) is 11.1 Å². The van der Waals surface area contributed by atoms with Crippen LogP contribution in [0.4, 0.5) is 0 Å². The number of carbonyl (C=O) groups is 1. The third kappa shape index (κ3) is 3.99. The zero-order valence-electron chi connectivity index (χ0n) is 14.7. The van der Waals surface area contributed by atoms with Crippen molar-refractivity contribution in [1.29, 1.82) is 0 Å². The minimum atomic E-state index is 0.427. The molecule has 0 unspecified atom stereocenters. The lowest BCUT2D eigenvalue weighted by Gasteiger charge is -2.11. The van der Waals surface area contributed by atoms with Crippen molar-refractivity contribution in [2.75, 3.05) is 6.61 Å². The fourth-order valence-corrected chi connectivity index (χ4v) is 2.86. The van der Waals surface area contributed by atoms with Gasteiger partial charge in [-0.2, -0.15) is 0 Å². The molecule has 0 aliphatic heterocycles. The first-order chi connectivity index (χ1) is 12.2. The van der Waals surface area contributed by atoms with Crippen molar-refractivity contribution in [3.63, 3.8) is 0 Å². The maximum absolute atomic E-state index is 10.6. The van der Waals surface area contributed by atoms with E-state index >= 15 is 0 Å². The summed E-state index contributed by atoms with van der Waals surface area (Å²) in [7, 11) is 0. The summed E-state index contributed by atoms with van der Waals surface area (Å²) >= 11 is 0. The topological polar surface area (TPSA) is 56.1 Å². The molecule has 1 amide bonds. The van der Waals surface area contributed by atoms with E-state index in [2.05, 4.69) is 46.9 Å². The molecule has 0 saturated carbocycles. The number of rotatable bonds is 8. The highest BCUT2D eigenvalue weighted by Gasteiger charge is 2.09. The maximum atomic E-state index is 10.6. The SMILES string of the molecule is Cc1ccc(OCCCn2c(CNC=O)nc3ccccc32)cc1C. The molecule has 0 radical (unpaired) electrons. The predicted molar refractivity (Wildman–Crippen MR) is 98.7 cm³/mol. The molecule has 5 heteroatoms. The molecule has 0 bridgehead atoms. The minimum absolute atomic E-state index is 0.427. The van der Waals surface area contributed by atoms with Crippen molar-refractivity contribution in [3.8, 4) is 5.75 Å². The van der Waals surface area contributed by atoms with Gasteiger partial charge in [0.15, 0.2) is 0 Å². The van der Waals surface area contributed by atoms with E-state index in [9.17, 15) is 4.79 Å². The second-order valence-corrected chi connectivity index (χ2v) is 6.12. The molecule has 25 heavy (non-hydrogen) atoms. The Bertz CT molecular complexity index is 871. The molecule has 0 atom stereocenters. The number of aromatic nitrogens is 2. The molecule has 1 heterocycles. The van der Waals surface area contributed by atoms with E-state index in [0.717, 1.165) is 35.6 Å². The molecular formula is C20H23N3O2. The molecule has 3 rings (SSSR count). The van der Waals surface area contributed by atoms with Gasteiger partial charge in [-0.25, -0.2) is 4.98 Å². The fraction of sp³-hybridized carbons (Fsp3) is 0.300. The Morgan fingerprint density at radius 3 is 2.80 bits per heavy atom. The van der Waals surface area contributed by atoms with Gasteiger partial charge < -0.3 is 14.6 Å². The number of imidazole rings is 1. The van der Waals surface area contributed by atoms with Crippen LogP contribution in [-0.2, 0) is 17.9 Å². The smallest absolute Gasteiger partial charge is 0.207 e. The van der Waals surface area contributed by atoms with Crippen molar-refractivity contribution >= 4 is 17.4 Å². The number of fused-ring (bicyclic) bond motifs is 1. The number of amides is 1. The molecule has 0 aliphatic rings. The molecular weight excluding hydrogens is 314 g/mol. The largest absolute Gasteiger partial charge is 0.494 e. The van der Waals surface area contributed by atoms with E-state index in [0.29, 0.717) is 19.6 Å². The molecule has 0 aliphatic carbocycles. The molecule has 2 aromatic carbocycles. The number of para-hydroxylation sites is 2. The zero-order chi connectivity index (χ0) is 17.6. The number of hydrogen-bond acceptors (Lipinski definition) is 3. The van der Waals surface area contributed by atoms with Crippen LogP contribution in [0.3, 0.4) is 0 Å². The van der Waals surface area contributed by atoms with Crippen molar-refractivity contribution in [1.82, 2.24) is 14.9 Å². The Kier molecular flexibility index (Phi) is 5.33. The van der Waals surface area contributed by atoms with Crippen LogP contribution in [0.2, 0.25) is 0 Å². The summed E-state index contributed by atoms with van der Waals surface area (Å²) in [5.74, 6) is 1.76. The van der Waals surface area contributed by atoms with Gasteiger partial charge >= 0.3 is 0 Å². The first-order valence-corrected chi connectivity index (χ1v) is 8.50. The lowest BCUT2D eigenvalue weighted by Crippen LogP contribution is -2.16.